The molecule has 0 bridgehead atoms. The molecule has 1 amide bonds. The Morgan fingerprint density at radius 2 is 2.10 bits per heavy atom. The fourth-order valence-corrected chi connectivity index (χ4v) is 2.10. The summed E-state index contributed by atoms with van der Waals surface area (Å²) in [4.78, 5) is 23.3. The van der Waals surface area contributed by atoms with E-state index in [9.17, 15) is 18.4 Å². The van der Waals surface area contributed by atoms with Crippen molar-refractivity contribution in [3.05, 3.63) is 29.3 Å². The molecule has 1 heterocycles. The summed E-state index contributed by atoms with van der Waals surface area (Å²) in [5.41, 5.74) is -0.980. The van der Waals surface area contributed by atoms with E-state index in [-0.39, 0.29) is 0 Å². The molecule has 0 aromatic heterocycles. The van der Waals surface area contributed by atoms with Gasteiger partial charge < -0.3 is 14.8 Å². The van der Waals surface area contributed by atoms with Crippen LogP contribution in [0.3, 0.4) is 0 Å². The van der Waals surface area contributed by atoms with Crippen LogP contribution in [0, 0.1) is 11.6 Å². The van der Waals surface area contributed by atoms with Gasteiger partial charge in [0.25, 0.3) is 5.91 Å². The molecule has 1 N–H and O–H groups in total. The summed E-state index contributed by atoms with van der Waals surface area (Å²) in [5, 5.41) is 2.25. The molecular weight excluding hydrogens is 284 g/mol. The van der Waals surface area contributed by atoms with Crippen molar-refractivity contribution in [3.63, 3.8) is 0 Å². The van der Waals surface area contributed by atoms with E-state index in [1.54, 1.807) is 0 Å². The smallest absolute Gasteiger partial charge is 0.341 e. The van der Waals surface area contributed by atoms with Gasteiger partial charge in [0.1, 0.15) is 17.5 Å². The highest BCUT2D eigenvalue weighted by atomic mass is 19.1. The van der Waals surface area contributed by atoms with E-state index in [0.717, 1.165) is 26.0 Å². The minimum Gasteiger partial charge on any atom is -0.465 e. The fraction of sp³-hybridized carbons (Fsp3) is 0.429. The van der Waals surface area contributed by atoms with E-state index in [0.29, 0.717) is 19.1 Å². The first-order chi connectivity index (χ1) is 10.0. The summed E-state index contributed by atoms with van der Waals surface area (Å²) in [7, 11) is 1.06. The molecule has 7 heteroatoms. The number of esters is 1. The summed E-state index contributed by atoms with van der Waals surface area (Å²) >= 11 is 0. The van der Waals surface area contributed by atoms with Gasteiger partial charge in [-0.05, 0) is 25.3 Å². The lowest BCUT2D eigenvalue weighted by Gasteiger charge is -2.22. The molecule has 1 aliphatic heterocycles. The van der Waals surface area contributed by atoms with Crippen molar-refractivity contribution in [1.29, 1.82) is 0 Å². The van der Waals surface area contributed by atoms with Crippen LogP contribution in [0.1, 0.15) is 29.6 Å². The average Bonchev–Trinajstić information content (AvgIpc) is 2.50. The second-order valence-electron chi connectivity index (χ2n) is 4.65. The molecule has 114 valence electrons. The van der Waals surface area contributed by atoms with Crippen molar-refractivity contribution in [2.24, 2.45) is 0 Å². The number of anilines is 1. The first kappa shape index (κ1) is 15.4. The fourth-order valence-electron chi connectivity index (χ4n) is 2.10. The summed E-state index contributed by atoms with van der Waals surface area (Å²) in [6.07, 6.45) is 1.52. The topological polar surface area (TPSA) is 64.6 Å². The third kappa shape index (κ3) is 3.55. The molecule has 0 unspecified atom stereocenters. The Morgan fingerprint density at radius 3 is 2.71 bits per heavy atom. The number of rotatable bonds is 3. The number of benzene rings is 1. The van der Waals surface area contributed by atoms with Gasteiger partial charge in [-0.15, -0.1) is 0 Å². The van der Waals surface area contributed by atoms with E-state index < -0.39 is 40.9 Å². The number of ether oxygens (including phenoxy) is 2. The standard InChI is InChI=1S/C14H15F2NO4/c1-20-14(19)9-6-8(15)7-10(12(9)16)17-13(18)11-4-2-3-5-21-11/h6-7,11H,2-5H2,1H3,(H,17,18)/t11-/m1/s1. The van der Waals surface area contributed by atoms with Gasteiger partial charge in [-0.2, -0.15) is 0 Å². The maximum absolute atomic E-state index is 14.1. The average molecular weight is 299 g/mol. The van der Waals surface area contributed by atoms with E-state index in [1.165, 1.54) is 0 Å². The minimum absolute atomic E-state index is 0.408. The number of hydrogen-bond acceptors (Lipinski definition) is 4. The second kappa shape index (κ2) is 6.62. The Balaban J connectivity index is 2.21. The van der Waals surface area contributed by atoms with Crippen molar-refractivity contribution in [3.8, 4) is 0 Å². The van der Waals surface area contributed by atoms with Gasteiger partial charge in [-0.3, -0.25) is 4.79 Å². The highest BCUT2D eigenvalue weighted by Crippen LogP contribution is 2.22. The third-order valence-corrected chi connectivity index (χ3v) is 3.17. The lowest BCUT2D eigenvalue weighted by Crippen LogP contribution is -2.33. The molecule has 1 atom stereocenters. The molecule has 5 nitrogen and oxygen atoms in total. The Hall–Kier alpha value is -2.02. The third-order valence-electron chi connectivity index (χ3n) is 3.17. The first-order valence-electron chi connectivity index (χ1n) is 6.52. The summed E-state index contributed by atoms with van der Waals surface area (Å²) in [6, 6.07) is 1.52. The predicted molar refractivity (Wildman–Crippen MR) is 69.9 cm³/mol. The van der Waals surface area contributed by atoms with Crippen LogP contribution in [0.15, 0.2) is 12.1 Å². The largest absolute Gasteiger partial charge is 0.465 e. The number of carbonyl (C=O) groups is 2. The van der Waals surface area contributed by atoms with Gasteiger partial charge in [0.2, 0.25) is 0 Å². The lowest BCUT2D eigenvalue weighted by atomic mass is 10.1. The van der Waals surface area contributed by atoms with E-state index >= 15 is 0 Å². The number of nitrogens with one attached hydrogen (secondary N) is 1. The Kier molecular flexibility index (Phi) is 4.85. The zero-order valence-corrected chi connectivity index (χ0v) is 11.4. The maximum Gasteiger partial charge on any atom is 0.341 e. The quantitative estimate of drug-likeness (QED) is 0.870. The zero-order valence-electron chi connectivity index (χ0n) is 11.4. The van der Waals surface area contributed by atoms with Crippen LogP contribution in [-0.2, 0) is 14.3 Å². The van der Waals surface area contributed by atoms with Crippen LogP contribution in [-0.4, -0.2) is 31.7 Å². The van der Waals surface area contributed by atoms with Crippen LogP contribution < -0.4 is 5.32 Å². The van der Waals surface area contributed by atoms with Gasteiger partial charge >= 0.3 is 5.97 Å². The van der Waals surface area contributed by atoms with E-state index in [1.807, 2.05) is 0 Å². The van der Waals surface area contributed by atoms with E-state index in [2.05, 4.69) is 10.1 Å². The molecule has 1 fully saturated rings. The summed E-state index contributed by atoms with van der Waals surface area (Å²) in [6.45, 7) is 0.455. The van der Waals surface area contributed by atoms with Gasteiger partial charge in [0, 0.05) is 12.7 Å². The van der Waals surface area contributed by atoms with Crippen LogP contribution in [0.4, 0.5) is 14.5 Å². The van der Waals surface area contributed by atoms with Crippen molar-refractivity contribution >= 4 is 17.6 Å². The first-order valence-corrected chi connectivity index (χ1v) is 6.52. The summed E-state index contributed by atoms with van der Waals surface area (Å²) < 4.78 is 37.2. The minimum atomic E-state index is -1.03. The van der Waals surface area contributed by atoms with Crippen LogP contribution in [0.25, 0.3) is 0 Å². The van der Waals surface area contributed by atoms with Crippen LogP contribution in [0.5, 0.6) is 0 Å². The Labute approximate surface area is 120 Å². The number of amides is 1. The molecule has 0 aliphatic carbocycles. The molecule has 1 aromatic carbocycles. The Bertz CT molecular complexity index is 556. The van der Waals surface area contributed by atoms with Gasteiger partial charge in [-0.25, -0.2) is 13.6 Å². The van der Waals surface area contributed by atoms with Gasteiger partial charge in [0.05, 0.1) is 12.8 Å². The molecule has 1 saturated heterocycles. The Morgan fingerprint density at radius 1 is 1.33 bits per heavy atom. The normalized spacial score (nSPS) is 18.1. The highest BCUT2D eigenvalue weighted by molar-refractivity contribution is 5.97. The van der Waals surface area contributed by atoms with Crippen molar-refractivity contribution in [2.45, 2.75) is 25.4 Å². The van der Waals surface area contributed by atoms with E-state index in [4.69, 9.17) is 4.74 Å². The van der Waals surface area contributed by atoms with Crippen LogP contribution in [0.2, 0.25) is 0 Å². The van der Waals surface area contributed by atoms with Crippen molar-refractivity contribution in [1.82, 2.24) is 0 Å². The second-order valence-corrected chi connectivity index (χ2v) is 4.65. The van der Waals surface area contributed by atoms with Crippen molar-refractivity contribution < 1.29 is 27.8 Å². The molecule has 0 saturated carbocycles. The molecule has 0 spiro atoms. The number of methoxy groups -OCH3 is 1. The van der Waals surface area contributed by atoms with Gasteiger partial charge in [-0.1, -0.05) is 0 Å². The molecular formula is C14H15F2NO4. The number of carbonyl (C=O) groups excluding carboxylic acids is 2. The van der Waals surface area contributed by atoms with Crippen molar-refractivity contribution in [2.75, 3.05) is 19.0 Å². The molecule has 1 aliphatic rings. The number of halogens is 2. The SMILES string of the molecule is COC(=O)c1cc(F)cc(NC(=O)[C@H]2CCCCO2)c1F. The predicted octanol–water partition coefficient (Wildman–Crippen LogP) is 2.26. The van der Waals surface area contributed by atoms with Gasteiger partial charge in [0.15, 0.2) is 5.82 Å². The molecule has 2 rings (SSSR count). The molecule has 21 heavy (non-hydrogen) atoms. The molecule has 0 radical (unpaired) electrons. The number of hydrogen-bond donors (Lipinski definition) is 1. The lowest BCUT2D eigenvalue weighted by molar-refractivity contribution is -0.130. The summed E-state index contributed by atoms with van der Waals surface area (Å²) in [5.74, 6) is -3.46. The monoisotopic (exact) mass is 299 g/mol. The van der Waals surface area contributed by atoms with Crippen LogP contribution >= 0.6 is 0 Å². The maximum atomic E-state index is 14.1. The highest BCUT2D eigenvalue weighted by Gasteiger charge is 2.25. The molecule has 1 aromatic rings. The zero-order chi connectivity index (χ0) is 15.4.